The van der Waals surface area contributed by atoms with Crippen molar-refractivity contribution in [1.82, 2.24) is 13.7 Å². The van der Waals surface area contributed by atoms with E-state index in [0.29, 0.717) is 18.7 Å². The zero-order valence-corrected chi connectivity index (χ0v) is 18.5. The van der Waals surface area contributed by atoms with Crippen LogP contribution in [0.4, 0.5) is 5.69 Å². The number of nitrogens with zero attached hydrogens (tertiary/aromatic N) is 4. The number of rotatable bonds is 6. The first-order valence-corrected chi connectivity index (χ1v) is 9.72. The molecule has 0 aliphatic rings. The monoisotopic (exact) mass is 496 g/mol. The Morgan fingerprint density at radius 3 is 2.36 bits per heavy atom. The fourth-order valence-electron chi connectivity index (χ4n) is 2.82. The van der Waals surface area contributed by atoms with Crippen molar-refractivity contribution in [3.05, 3.63) is 88.0 Å². The van der Waals surface area contributed by atoms with Crippen molar-refractivity contribution in [2.75, 3.05) is 7.11 Å². The molecule has 0 aliphatic heterocycles. The normalized spacial score (nSPS) is 10.7. The Kier molecular flexibility index (Phi) is 6.70. The molecule has 14 heteroatoms. The van der Waals surface area contributed by atoms with Gasteiger partial charge in [0.2, 0.25) is 0 Å². The Labute approximate surface area is 193 Å². The van der Waals surface area contributed by atoms with E-state index in [9.17, 15) is 29.3 Å². The van der Waals surface area contributed by atoms with Crippen LogP contribution in [0.5, 0.6) is 11.5 Å². The van der Waals surface area contributed by atoms with Gasteiger partial charge in [-0.25, -0.2) is 28.1 Å². The highest BCUT2D eigenvalue weighted by Crippen LogP contribution is 2.34. The van der Waals surface area contributed by atoms with Crippen LogP contribution in [-0.4, -0.2) is 31.7 Å². The third-order valence-corrected chi connectivity index (χ3v) is 4.97. The van der Waals surface area contributed by atoms with Gasteiger partial charge in [0.25, 0.3) is 5.69 Å². The summed E-state index contributed by atoms with van der Waals surface area (Å²) in [6, 6.07) is 7.65. The summed E-state index contributed by atoms with van der Waals surface area (Å²) >= 11 is 11.9. The number of aromatic nitrogens is 3. The summed E-state index contributed by atoms with van der Waals surface area (Å²) in [7, 11) is 2.09. The summed E-state index contributed by atoms with van der Waals surface area (Å²) in [5, 5.41) is 12.1. The second-order valence-corrected chi connectivity index (χ2v) is 7.33. The summed E-state index contributed by atoms with van der Waals surface area (Å²) in [5.41, 5.74) is -4.68. The van der Waals surface area contributed by atoms with Crippen LogP contribution >= 0.6 is 23.2 Å². The van der Waals surface area contributed by atoms with Gasteiger partial charge in [-0.05, 0) is 24.3 Å². The standard InChI is InChI=1S/C19H14Cl2N4O8/c1-22-17(27)23(9-16(26)32-2)19(29)24(18(22)28)14-8-11(4-5-13(14)25(30)31)33-15-6-3-10(20)7-12(15)21/h3-8H,9H2,1-2H3. The molecule has 0 fully saturated rings. The van der Waals surface area contributed by atoms with Crippen LogP contribution in [0.15, 0.2) is 50.8 Å². The first-order chi connectivity index (χ1) is 15.5. The molecule has 0 saturated carbocycles. The molecular formula is C19H14Cl2N4O8. The number of carbonyl (C=O) groups is 1. The fraction of sp³-hybridized carbons (Fsp3) is 0.158. The zero-order valence-electron chi connectivity index (χ0n) is 17.0. The number of carbonyl (C=O) groups excluding carboxylic acids is 1. The van der Waals surface area contributed by atoms with Crippen molar-refractivity contribution in [2.24, 2.45) is 7.05 Å². The molecule has 3 aromatic rings. The summed E-state index contributed by atoms with van der Waals surface area (Å²) in [5.74, 6) is -0.806. The summed E-state index contributed by atoms with van der Waals surface area (Å²) in [4.78, 5) is 60.5. The van der Waals surface area contributed by atoms with E-state index in [1.54, 1.807) is 0 Å². The SMILES string of the molecule is COC(=O)Cn1c(=O)n(C)c(=O)n(-c2cc(Oc3ccc(Cl)cc3Cl)ccc2[N+](=O)[O-])c1=O. The third kappa shape index (κ3) is 4.66. The Hall–Kier alpha value is -3.90. The van der Waals surface area contributed by atoms with E-state index in [-0.39, 0.29) is 16.5 Å². The highest BCUT2D eigenvalue weighted by molar-refractivity contribution is 6.35. The molecule has 0 saturated heterocycles. The van der Waals surface area contributed by atoms with Crippen LogP contribution < -0.4 is 21.8 Å². The molecule has 0 unspecified atom stereocenters. The number of nitro benzene ring substituents is 1. The Bertz CT molecular complexity index is 1460. The molecule has 3 rings (SSSR count). The number of esters is 1. The van der Waals surface area contributed by atoms with Gasteiger partial charge in [-0.3, -0.25) is 14.9 Å². The van der Waals surface area contributed by atoms with E-state index < -0.39 is 45.9 Å². The molecule has 0 amide bonds. The number of methoxy groups -OCH3 is 1. The summed E-state index contributed by atoms with van der Waals surface area (Å²) in [6.45, 7) is -0.813. The molecule has 0 radical (unpaired) electrons. The number of ether oxygens (including phenoxy) is 2. The van der Waals surface area contributed by atoms with Crippen molar-refractivity contribution in [3.63, 3.8) is 0 Å². The van der Waals surface area contributed by atoms with Crippen LogP contribution in [0, 0.1) is 10.1 Å². The Morgan fingerprint density at radius 1 is 1.06 bits per heavy atom. The Morgan fingerprint density at radius 2 is 1.76 bits per heavy atom. The second kappa shape index (κ2) is 9.30. The molecule has 0 atom stereocenters. The van der Waals surface area contributed by atoms with Gasteiger partial charge in [0, 0.05) is 24.2 Å². The van der Waals surface area contributed by atoms with E-state index in [1.807, 2.05) is 0 Å². The average Bonchev–Trinajstić information content (AvgIpc) is 2.77. The van der Waals surface area contributed by atoms with Crippen LogP contribution in [0.1, 0.15) is 0 Å². The van der Waals surface area contributed by atoms with Crippen molar-refractivity contribution in [2.45, 2.75) is 6.54 Å². The van der Waals surface area contributed by atoms with E-state index in [0.717, 1.165) is 26.3 Å². The van der Waals surface area contributed by atoms with Crippen molar-refractivity contribution < 1.29 is 19.2 Å². The maximum Gasteiger partial charge on any atom is 0.341 e. The summed E-state index contributed by atoms with van der Waals surface area (Å²) in [6.07, 6.45) is 0. The van der Waals surface area contributed by atoms with Gasteiger partial charge in [-0.15, -0.1) is 0 Å². The first kappa shape index (κ1) is 23.8. The minimum atomic E-state index is -1.28. The predicted molar refractivity (Wildman–Crippen MR) is 117 cm³/mol. The molecule has 172 valence electrons. The van der Waals surface area contributed by atoms with E-state index >= 15 is 0 Å². The second-order valence-electron chi connectivity index (χ2n) is 6.49. The average molecular weight is 497 g/mol. The largest absolute Gasteiger partial charge is 0.468 e. The maximum atomic E-state index is 13.0. The van der Waals surface area contributed by atoms with Gasteiger partial charge in [0.15, 0.2) is 0 Å². The number of benzene rings is 2. The molecule has 33 heavy (non-hydrogen) atoms. The quantitative estimate of drug-likeness (QED) is 0.285. The number of hydrogen-bond donors (Lipinski definition) is 0. The predicted octanol–water partition coefficient (Wildman–Crippen LogP) is 1.88. The highest BCUT2D eigenvalue weighted by atomic mass is 35.5. The maximum absolute atomic E-state index is 13.0. The summed E-state index contributed by atoms with van der Waals surface area (Å²) < 4.78 is 11.4. The first-order valence-electron chi connectivity index (χ1n) is 8.96. The molecule has 12 nitrogen and oxygen atoms in total. The van der Waals surface area contributed by atoms with Crippen LogP contribution in [0.3, 0.4) is 0 Å². The van der Waals surface area contributed by atoms with Gasteiger partial charge < -0.3 is 9.47 Å². The van der Waals surface area contributed by atoms with Crippen molar-refractivity contribution >= 4 is 34.9 Å². The third-order valence-electron chi connectivity index (χ3n) is 4.44. The molecule has 0 aliphatic carbocycles. The van der Waals surface area contributed by atoms with E-state index in [2.05, 4.69) is 4.74 Å². The number of hydrogen-bond acceptors (Lipinski definition) is 8. The van der Waals surface area contributed by atoms with Gasteiger partial charge in [-0.2, -0.15) is 0 Å². The zero-order chi connectivity index (χ0) is 24.4. The molecule has 1 heterocycles. The highest BCUT2D eigenvalue weighted by Gasteiger charge is 2.24. The van der Waals surface area contributed by atoms with Gasteiger partial charge in [0.05, 0.1) is 17.1 Å². The smallest absolute Gasteiger partial charge is 0.341 e. The Balaban J connectivity index is 2.27. The topological polar surface area (TPSA) is 145 Å². The fourth-order valence-corrected chi connectivity index (χ4v) is 3.26. The molecule has 1 aromatic heterocycles. The lowest BCUT2D eigenvalue weighted by Crippen LogP contribution is -2.53. The van der Waals surface area contributed by atoms with Crippen molar-refractivity contribution in [3.8, 4) is 17.2 Å². The van der Waals surface area contributed by atoms with Gasteiger partial charge >= 0.3 is 23.0 Å². The molecule has 0 bridgehead atoms. The number of halogens is 2. The lowest BCUT2D eigenvalue weighted by molar-refractivity contribution is -0.384. The van der Waals surface area contributed by atoms with Crippen LogP contribution in [0.25, 0.3) is 5.69 Å². The minimum absolute atomic E-state index is 0.0144. The van der Waals surface area contributed by atoms with Gasteiger partial charge in [0.1, 0.15) is 23.7 Å². The van der Waals surface area contributed by atoms with E-state index in [4.69, 9.17) is 27.9 Å². The lowest BCUT2D eigenvalue weighted by atomic mass is 10.2. The molecule has 0 spiro atoms. The molecular weight excluding hydrogens is 483 g/mol. The molecule has 0 N–H and O–H groups in total. The lowest BCUT2D eigenvalue weighted by Gasteiger charge is -2.13. The van der Waals surface area contributed by atoms with Crippen molar-refractivity contribution in [1.29, 1.82) is 0 Å². The van der Waals surface area contributed by atoms with Crippen LogP contribution in [0.2, 0.25) is 10.0 Å². The molecule has 2 aromatic carbocycles. The number of nitro groups is 1. The van der Waals surface area contributed by atoms with E-state index in [1.165, 1.54) is 24.3 Å². The van der Waals surface area contributed by atoms with Crippen LogP contribution in [-0.2, 0) is 23.1 Å². The minimum Gasteiger partial charge on any atom is -0.468 e. The van der Waals surface area contributed by atoms with Gasteiger partial charge in [-0.1, -0.05) is 23.2 Å².